The standard InChI is InChI=1S/C19H32O6/c1-3-15-16(18-13-17(15)24-25-18)12-11-14(23-21)9-7-5-4-6-8-10-19(20)22-2/h11-12,14-18,21H,3-10,13H2,1-2H3/b12-11+/t14-,15-,16+,17+,18-/m1/s1. The molecular formula is C19H32O6. The number of ether oxygens (including phenoxy) is 1. The zero-order chi connectivity index (χ0) is 18.1. The molecule has 0 spiro atoms. The van der Waals surface area contributed by atoms with Crippen LogP contribution in [-0.2, 0) is 24.2 Å². The minimum atomic E-state index is -0.271. The first-order valence-corrected chi connectivity index (χ1v) is 9.57. The smallest absolute Gasteiger partial charge is 0.305 e. The van der Waals surface area contributed by atoms with E-state index in [9.17, 15) is 4.79 Å². The molecule has 6 heteroatoms. The van der Waals surface area contributed by atoms with E-state index in [1.165, 1.54) is 7.11 Å². The lowest BCUT2D eigenvalue weighted by atomic mass is 9.90. The molecule has 2 fully saturated rings. The lowest BCUT2D eigenvalue weighted by Crippen LogP contribution is -2.28. The number of hydrogen-bond donors (Lipinski definition) is 1. The van der Waals surface area contributed by atoms with E-state index in [1.54, 1.807) is 0 Å². The molecule has 1 saturated carbocycles. The maximum atomic E-state index is 11.0. The molecule has 0 aromatic carbocycles. The van der Waals surface area contributed by atoms with E-state index in [4.69, 9.17) is 15.0 Å². The van der Waals surface area contributed by atoms with Crippen LogP contribution in [0.5, 0.6) is 0 Å². The van der Waals surface area contributed by atoms with E-state index >= 15 is 0 Å². The van der Waals surface area contributed by atoms with Gasteiger partial charge in [0.25, 0.3) is 0 Å². The zero-order valence-electron chi connectivity index (χ0n) is 15.4. The summed E-state index contributed by atoms with van der Waals surface area (Å²) < 4.78 is 4.62. The molecule has 2 rings (SSSR count). The number of hydrogen-bond acceptors (Lipinski definition) is 6. The fourth-order valence-corrected chi connectivity index (χ4v) is 3.93. The Hall–Kier alpha value is -0.950. The summed E-state index contributed by atoms with van der Waals surface area (Å²) in [5, 5.41) is 9.13. The van der Waals surface area contributed by atoms with Crippen molar-refractivity contribution in [2.75, 3.05) is 7.11 Å². The maximum absolute atomic E-state index is 11.0. The number of methoxy groups -OCH3 is 1. The summed E-state index contributed by atoms with van der Waals surface area (Å²) in [6.07, 6.45) is 12.5. The molecule has 2 aliphatic rings. The normalized spacial score (nSPS) is 29.4. The molecule has 6 nitrogen and oxygen atoms in total. The van der Waals surface area contributed by atoms with Crippen molar-refractivity contribution in [3.8, 4) is 0 Å². The van der Waals surface area contributed by atoms with Crippen molar-refractivity contribution in [1.82, 2.24) is 0 Å². The highest BCUT2D eigenvalue weighted by atomic mass is 17.2. The summed E-state index contributed by atoms with van der Waals surface area (Å²) >= 11 is 0. The van der Waals surface area contributed by atoms with Crippen LogP contribution in [0.4, 0.5) is 0 Å². The lowest BCUT2D eigenvalue weighted by Gasteiger charge is -2.27. The van der Waals surface area contributed by atoms with Crippen LogP contribution in [0.1, 0.15) is 64.7 Å². The summed E-state index contributed by atoms with van der Waals surface area (Å²) in [6, 6.07) is 0. The minimum absolute atomic E-state index is 0.139. The molecule has 144 valence electrons. The molecule has 1 heterocycles. The predicted molar refractivity (Wildman–Crippen MR) is 92.6 cm³/mol. The first-order valence-electron chi connectivity index (χ1n) is 9.57. The Bertz CT molecular complexity index is 424. The van der Waals surface area contributed by atoms with Crippen molar-refractivity contribution >= 4 is 5.97 Å². The van der Waals surface area contributed by atoms with Gasteiger partial charge < -0.3 is 4.74 Å². The van der Waals surface area contributed by atoms with Crippen molar-refractivity contribution in [3.05, 3.63) is 12.2 Å². The van der Waals surface area contributed by atoms with Crippen LogP contribution in [0.25, 0.3) is 0 Å². The van der Waals surface area contributed by atoms with Gasteiger partial charge in [0.1, 0.15) is 12.2 Å². The average molecular weight is 356 g/mol. The molecule has 0 aromatic heterocycles. The Morgan fingerprint density at radius 3 is 2.64 bits per heavy atom. The first kappa shape index (κ1) is 20.4. The van der Waals surface area contributed by atoms with Gasteiger partial charge in [-0.15, -0.1) is 0 Å². The molecule has 1 N–H and O–H groups in total. The topological polar surface area (TPSA) is 74.2 Å². The maximum Gasteiger partial charge on any atom is 0.305 e. The molecule has 1 aliphatic carbocycles. The van der Waals surface area contributed by atoms with Gasteiger partial charge in [0, 0.05) is 18.8 Å². The Morgan fingerprint density at radius 2 is 1.92 bits per heavy atom. The SMILES string of the molecule is CC[C@@H]1[C@H](/C=C/[C@@H](CCCCCCCC(=O)OC)OO)[C@H]2C[C@@H]1OO2. The first-order chi connectivity index (χ1) is 12.2. The summed E-state index contributed by atoms with van der Waals surface area (Å²) in [4.78, 5) is 26.3. The molecule has 0 amide bonds. The second-order valence-corrected chi connectivity index (χ2v) is 7.07. The number of esters is 1. The van der Waals surface area contributed by atoms with E-state index in [-0.39, 0.29) is 24.3 Å². The highest BCUT2D eigenvalue weighted by molar-refractivity contribution is 5.68. The fraction of sp³-hybridized carbons (Fsp3) is 0.842. The molecule has 0 unspecified atom stereocenters. The summed E-state index contributed by atoms with van der Waals surface area (Å²) in [5.41, 5.74) is 0. The minimum Gasteiger partial charge on any atom is -0.469 e. The monoisotopic (exact) mass is 356 g/mol. The predicted octanol–water partition coefficient (Wildman–Crippen LogP) is 4.05. The van der Waals surface area contributed by atoms with Crippen molar-refractivity contribution < 1.29 is 29.5 Å². The molecule has 0 aromatic rings. The number of rotatable bonds is 12. The van der Waals surface area contributed by atoms with Gasteiger partial charge in [-0.1, -0.05) is 51.2 Å². The van der Waals surface area contributed by atoms with Gasteiger partial charge in [-0.2, -0.15) is 0 Å². The van der Waals surface area contributed by atoms with E-state index in [0.717, 1.165) is 51.4 Å². The quantitative estimate of drug-likeness (QED) is 0.187. The molecule has 1 aliphatic heterocycles. The van der Waals surface area contributed by atoms with Crippen LogP contribution in [-0.4, -0.2) is 36.6 Å². The molecule has 25 heavy (non-hydrogen) atoms. The Balaban J connectivity index is 1.61. The van der Waals surface area contributed by atoms with Crippen molar-refractivity contribution in [2.24, 2.45) is 11.8 Å². The summed E-state index contributed by atoms with van der Waals surface area (Å²) in [7, 11) is 1.42. The third-order valence-corrected chi connectivity index (χ3v) is 5.42. The Kier molecular flexibility index (Phi) is 8.89. The molecule has 2 bridgehead atoms. The van der Waals surface area contributed by atoms with E-state index in [0.29, 0.717) is 18.3 Å². The van der Waals surface area contributed by atoms with Gasteiger partial charge in [0.15, 0.2) is 0 Å². The van der Waals surface area contributed by atoms with Crippen LogP contribution in [0.15, 0.2) is 12.2 Å². The number of unbranched alkanes of at least 4 members (excludes halogenated alkanes) is 4. The second kappa shape index (κ2) is 10.9. The van der Waals surface area contributed by atoms with Crippen LogP contribution in [0.3, 0.4) is 0 Å². The van der Waals surface area contributed by atoms with Gasteiger partial charge in [-0.05, 0) is 18.8 Å². The Labute approximate surface area is 150 Å². The highest BCUT2D eigenvalue weighted by Gasteiger charge is 2.48. The van der Waals surface area contributed by atoms with Gasteiger partial charge in [0.2, 0.25) is 0 Å². The van der Waals surface area contributed by atoms with E-state index < -0.39 is 0 Å². The van der Waals surface area contributed by atoms with Crippen LogP contribution in [0.2, 0.25) is 0 Å². The third-order valence-electron chi connectivity index (χ3n) is 5.42. The van der Waals surface area contributed by atoms with Crippen molar-refractivity contribution in [2.45, 2.75) is 83.0 Å². The summed E-state index contributed by atoms with van der Waals surface area (Å²) in [6.45, 7) is 2.18. The van der Waals surface area contributed by atoms with Gasteiger partial charge in [0.05, 0.1) is 13.2 Å². The largest absolute Gasteiger partial charge is 0.469 e. The van der Waals surface area contributed by atoms with Gasteiger partial charge >= 0.3 is 5.97 Å². The van der Waals surface area contributed by atoms with Crippen LogP contribution >= 0.6 is 0 Å². The van der Waals surface area contributed by atoms with Crippen LogP contribution < -0.4 is 0 Å². The van der Waals surface area contributed by atoms with Crippen molar-refractivity contribution in [3.63, 3.8) is 0 Å². The Morgan fingerprint density at radius 1 is 1.20 bits per heavy atom. The zero-order valence-corrected chi connectivity index (χ0v) is 15.4. The second-order valence-electron chi connectivity index (χ2n) is 7.07. The van der Waals surface area contributed by atoms with Crippen molar-refractivity contribution in [1.29, 1.82) is 0 Å². The number of carbonyl (C=O) groups is 1. The van der Waals surface area contributed by atoms with E-state index in [2.05, 4.69) is 22.6 Å². The van der Waals surface area contributed by atoms with Crippen LogP contribution in [0, 0.1) is 11.8 Å². The molecule has 0 radical (unpaired) electrons. The molecule has 1 saturated heterocycles. The highest BCUT2D eigenvalue weighted by Crippen LogP contribution is 2.44. The fourth-order valence-electron chi connectivity index (χ4n) is 3.93. The number of fused-ring (bicyclic) bond motifs is 2. The van der Waals surface area contributed by atoms with Gasteiger partial charge in [-0.25, -0.2) is 14.7 Å². The summed E-state index contributed by atoms with van der Waals surface area (Å²) in [5.74, 6) is 0.697. The molecular weight excluding hydrogens is 324 g/mol. The van der Waals surface area contributed by atoms with Gasteiger partial charge in [-0.3, -0.25) is 10.1 Å². The van der Waals surface area contributed by atoms with E-state index in [1.807, 2.05) is 6.08 Å². The lowest BCUT2D eigenvalue weighted by molar-refractivity contribution is -0.336. The average Bonchev–Trinajstić information content (AvgIpc) is 3.24. The number of carbonyl (C=O) groups excluding carboxylic acids is 1. The molecule has 5 atom stereocenters. The third kappa shape index (κ3) is 6.06.